The van der Waals surface area contributed by atoms with Crippen molar-refractivity contribution >= 4 is 23.6 Å². The summed E-state index contributed by atoms with van der Waals surface area (Å²) in [5, 5.41) is 15.9. The molecule has 0 bridgehead atoms. The lowest BCUT2D eigenvalue weighted by Gasteiger charge is -2.13. The van der Waals surface area contributed by atoms with E-state index in [1.54, 1.807) is 0 Å². The van der Waals surface area contributed by atoms with Gasteiger partial charge in [0.2, 0.25) is 5.91 Å². The lowest BCUT2D eigenvalue weighted by Crippen LogP contribution is -2.39. The first-order chi connectivity index (χ1) is 9.86. The Labute approximate surface area is 117 Å². The number of carboxylic acids is 1. The van der Waals surface area contributed by atoms with Crippen LogP contribution in [0.3, 0.4) is 0 Å². The topological polar surface area (TPSA) is 108 Å². The Morgan fingerprint density at radius 3 is 2.52 bits per heavy atom. The summed E-state index contributed by atoms with van der Waals surface area (Å²) in [4.78, 5) is 33.6. The first-order valence-electron chi connectivity index (χ1n) is 5.93. The number of aromatic carboxylic acids is 1. The maximum absolute atomic E-state index is 13.1. The van der Waals surface area contributed by atoms with Crippen molar-refractivity contribution < 1.29 is 28.3 Å². The normalized spacial score (nSPS) is 17.2. The standard InChI is InChI=1S/C12H11F2N3O4/c13-7-2-6(11(19)20)9(3-8(7)14)17-12(21)16-5-1-10(18)15-4-5/h2-3,5H,1,4H2,(H,15,18)(H,19,20)(H2,16,17,21). The fourth-order valence-electron chi connectivity index (χ4n) is 1.88. The van der Waals surface area contributed by atoms with Crippen molar-refractivity contribution in [2.75, 3.05) is 11.9 Å². The van der Waals surface area contributed by atoms with Gasteiger partial charge in [0.1, 0.15) is 0 Å². The van der Waals surface area contributed by atoms with Crippen LogP contribution in [0.2, 0.25) is 0 Å². The Morgan fingerprint density at radius 1 is 1.29 bits per heavy atom. The number of urea groups is 1. The second-order valence-corrected chi connectivity index (χ2v) is 4.42. The van der Waals surface area contributed by atoms with E-state index in [9.17, 15) is 23.2 Å². The molecule has 7 nitrogen and oxygen atoms in total. The van der Waals surface area contributed by atoms with Gasteiger partial charge in [-0.25, -0.2) is 18.4 Å². The zero-order valence-corrected chi connectivity index (χ0v) is 10.6. The fraction of sp³-hybridized carbons (Fsp3) is 0.250. The van der Waals surface area contributed by atoms with E-state index in [1.807, 2.05) is 0 Å². The molecular weight excluding hydrogens is 288 g/mol. The first kappa shape index (κ1) is 14.7. The summed E-state index contributed by atoms with van der Waals surface area (Å²) in [5.41, 5.74) is -0.958. The SMILES string of the molecule is O=C1CC(NC(=O)Nc2cc(F)c(F)cc2C(=O)O)CN1. The molecule has 1 atom stereocenters. The summed E-state index contributed by atoms with van der Waals surface area (Å²) in [7, 11) is 0. The van der Waals surface area contributed by atoms with E-state index in [2.05, 4.69) is 16.0 Å². The van der Waals surface area contributed by atoms with Gasteiger partial charge in [-0.2, -0.15) is 0 Å². The molecule has 1 fully saturated rings. The van der Waals surface area contributed by atoms with Crippen molar-refractivity contribution in [1.29, 1.82) is 0 Å². The average molecular weight is 299 g/mol. The average Bonchev–Trinajstić information content (AvgIpc) is 2.78. The number of carbonyl (C=O) groups is 3. The van der Waals surface area contributed by atoms with E-state index < -0.39 is 35.2 Å². The summed E-state index contributed by atoms with van der Waals surface area (Å²) in [5.74, 6) is -4.35. The molecule has 1 unspecified atom stereocenters. The Bertz CT molecular complexity index is 621. The van der Waals surface area contributed by atoms with Gasteiger partial charge >= 0.3 is 12.0 Å². The molecule has 0 spiro atoms. The number of rotatable bonds is 3. The highest BCUT2D eigenvalue weighted by Gasteiger charge is 2.24. The summed E-state index contributed by atoms with van der Waals surface area (Å²) in [6, 6.07) is -0.203. The van der Waals surface area contributed by atoms with Crippen LogP contribution in [0.4, 0.5) is 19.3 Å². The molecule has 1 aliphatic heterocycles. The van der Waals surface area contributed by atoms with Crippen LogP contribution in [0.25, 0.3) is 0 Å². The highest BCUT2D eigenvalue weighted by atomic mass is 19.2. The molecule has 0 saturated carbocycles. The van der Waals surface area contributed by atoms with E-state index in [4.69, 9.17) is 5.11 Å². The minimum Gasteiger partial charge on any atom is -0.478 e. The van der Waals surface area contributed by atoms with Crippen molar-refractivity contribution in [2.24, 2.45) is 0 Å². The molecule has 0 aromatic heterocycles. The van der Waals surface area contributed by atoms with Gasteiger partial charge in [0.25, 0.3) is 0 Å². The molecular formula is C12H11F2N3O4. The van der Waals surface area contributed by atoms with Crippen molar-refractivity contribution in [1.82, 2.24) is 10.6 Å². The van der Waals surface area contributed by atoms with Gasteiger partial charge in [0.05, 0.1) is 17.3 Å². The Hall–Kier alpha value is -2.71. The lowest BCUT2D eigenvalue weighted by atomic mass is 10.1. The summed E-state index contributed by atoms with van der Waals surface area (Å²) < 4.78 is 26.2. The molecule has 0 aliphatic carbocycles. The van der Waals surface area contributed by atoms with Gasteiger partial charge in [0.15, 0.2) is 11.6 Å². The third-order valence-electron chi connectivity index (χ3n) is 2.85. The highest BCUT2D eigenvalue weighted by Crippen LogP contribution is 2.20. The fourth-order valence-corrected chi connectivity index (χ4v) is 1.88. The number of benzene rings is 1. The smallest absolute Gasteiger partial charge is 0.337 e. The molecule has 0 radical (unpaired) electrons. The Morgan fingerprint density at radius 2 is 1.95 bits per heavy atom. The molecule has 9 heteroatoms. The van der Waals surface area contributed by atoms with E-state index in [0.29, 0.717) is 12.1 Å². The van der Waals surface area contributed by atoms with E-state index in [-0.39, 0.29) is 24.6 Å². The number of halogens is 2. The predicted octanol–water partition coefficient (Wildman–Crippen LogP) is 0.673. The number of carbonyl (C=O) groups excluding carboxylic acids is 2. The highest BCUT2D eigenvalue weighted by molar-refractivity contribution is 6.00. The molecule has 21 heavy (non-hydrogen) atoms. The van der Waals surface area contributed by atoms with E-state index in [0.717, 1.165) is 0 Å². The number of hydrogen-bond donors (Lipinski definition) is 4. The number of carboxylic acid groups (broad SMARTS) is 1. The minimum absolute atomic E-state index is 0.0942. The second-order valence-electron chi connectivity index (χ2n) is 4.42. The molecule has 4 N–H and O–H groups in total. The van der Waals surface area contributed by atoms with Crippen molar-refractivity contribution in [3.63, 3.8) is 0 Å². The zero-order chi connectivity index (χ0) is 15.6. The zero-order valence-electron chi connectivity index (χ0n) is 10.6. The summed E-state index contributed by atoms with van der Waals surface area (Å²) in [6.07, 6.45) is 0.0942. The first-order valence-corrected chi connectivity index (χ1v) is 5.93. The predicted molar refractivity (Wildman–Crippen MR) is 66.9 cm³/mol. The van der Waals surface area contributed by atoms with Crippen LogP contribution in [-0.2, 0) is 4.79 Å². The maximum Gasteiger partial charge on any atom is 0.337 e. The summed E-state index contributed by atoms with van der Waals surface area (Å²) >= 11 is 0. The van der Waals surface area contributed by atoms with Crippen LogP contribution >= 0.6 is 0 Å². The maximum atomic E-state index is 13.1. The number of amides is 3. The molecule has 1 aliphatic rings. The molecule has 1 heterocycles. The monoisotopic (exact) mass is 299 g/mol. The molecule has 112 valence electrons. The second kappa shape index (κ2) is 5.73. The van der Waals surface area contributed by atoms with Gasteiger partial charge in [0, 0.05) is 19.0 Å². The Balaban J connectivity index is 2.11. The third-order valence-corrected chi connectivity index (χ3v) is 2.85. The van der Waals surface area contributed by atoms with Crippen LogP contribution in [-0.4, -0.2) is 35.6 Å². The molecule has 2 rings (SSSR count). The molecule has 1 aromatic carbocycles. The van der Waals surface area contributed by atoms with Gasteiger partial charge in [-0.3, -0.25) is 4.79 Å². The number of anilines is 1. The van der Waals surface area contributed by atoms with Crippen LogP contribution in [0.15, 0.2) is 12.1 Å². The van der Waals surface area contributed by atoms with E-state index >= 15 is 0 Å². The lowest BCUT2D eigenvalue weighted by molar-refractivity contribution is -0.119. The van der Waals surface area contributed by atoms with Crippen molar-refractivity contribution in [2.45, 2.75) is 12.5 Å². The molecule has 1 aromatic rings. The van der Waals surface area contributed by atoms with Crippen molar-refractivity contribution in [3.05, 3.63) is 29.3 Å². The van der Waals surface area contributed by atoms with Crippen LogP contribution in [0.1, 0.15) is 16.8 Å². The number of hydrogen-bond acceptors (Lipinski definition) is 3. The van der Waals surface area contributed by atoms with Crippen LogP contribution < -0.4 is 16.0 Å². The molecule has 3 amide bonds. The molecule has 1 saturated heterocycles. The minimum atomic E-state index is -1.51. The number of nitrogens with one attached hydrogen (secondary N) is 3. The summed E-state index contributed by atoms with van der Waals surface area (Å²) in [6.45, 7) is 0.246. The quantitative estimate of drug-likeness (QED) is 0.658. The van der Waals surface area contributed by atoms with Gasteiger partial charge in [-0.05, 0) is 6.07 Å². The Kier molecular flexibility index (Phi) is 4.01. The largest absolute Gasteiger partial charge is 0.478 e. The van der Waals surface area contributed by atoms with Crippen molar-refractivity contribution in [3.8, 4) is 0 Å². The van der Waals surface area contributed by atoms with Crippen LogP contribution in [0.5, 0.6) is 0 Å². The van der Waals surface area contributed by atoms with Crippen LogP contribution in [0, 0.1) is 11.6 Å². The third kappa shape index (κ3) is 3.44. The van der Waals surface area contributed by atoms with Gasteiger partial charge < -0.3 is 21.1 Å². The van der Waals surface area contributed by atoms with E-state index in [1.165, 1.54) is 0 Å². The van der Waals surface area contributed by atoms with Gasteiger partial charge in [-0.15, -0.1) is 0 Å². The van der Waals surface area contributed by atoms with Gasteiger partial charge in [-0.1, -0.05) is 0 Å².